The Morgan fingerprint density at radius 3 is 2.44 bits per heavy atom. The van der Waals surface area contributed by atoms with Crippen molar-refractivity contribution in [1.82, 2.24) is 0 Å². The van der Waals surface area contributed by atoms with Crippen LogP contribution in [0.1, 0.15) is 53.6 Å². The number of alkyl halides is 1. The third-order valence-corrected chi connectivity index (χ3v) is 6.64. The third-order valence-electron chi connectivity index (χ3n) is 5.50. The molecule has 0 nitrogen and oxygen atoms in total. The van der Waals surface area contributed by atoms with Gasteiger partial charge in [-0.2, -0.15) is 0 Å². The highest BCUT2D eigenvalue weighted by molar-refractivity contribution is 9.09. The van der Waals surface area contributed by atoms with E-state index in [0.717, 1.165) is 17.8 Å². The Morgan fingerprint density at radius 1 is 0.944 bits per heavy atom. The van der Waals surface area contributed by atoms with Crippen LogP contribution >= 0.6 is 15.9 Å². The molecule has 4 rings (SSSR count). The molecule has 0 saturated heterocycles. The van der Waals surface area contributed by atoms with E-state index in [-0.39, 0.29) is 0 Å². The Labute approximate surface area is 118 Å². The van der Waals surface area contributed by atoms with Crippen LogP contribution < -0.4 is 0 Å². The zero-order valence-electron chi connectivity index (χ0n) is 10.9. The molecular weight excluding hydrogens is 284 g/mol. The fraction of sp³-hybridized carbons (Fsp3) is 0.647. The van der Waals surface area contributed by atoms with Gasteiger partial charge in [-0.25, -0.2) is 0 Å². The minimum absolute atomic E-state index is 0.622. The molecule has 1 aromatic carbocycles. The van der Waals surface area contributed by atoms with Crippen molar-refractivity contribution in [2.75, 3.05) is 0 Å². The molecule has 3 aliphatic carbocycles. The standard InChI is InChI=1S/C17H21Br/c18-17(16-14-6-1-2-7-15(14)16)13-9-8-11-4-3-5-12(11)10-13/h8-10,14-17H,1-7H2. The lowest BCUT2D eigenvalue weighted by molar-refractivity contribution is 0.480. The summed E-state index contributed by atoms with van der Waals surface area (Å²) < 4.78 is 0. The smallest absolute Gasteiger partial charge is 0.0429 e. The molecule has 1 heteroatoms. The lowest BCUT2D eigenvalue weighted by Crippen LogP contribution is -1.97. The molecule has 0 spiro atoms. The molecule has 0 aliphatic heterocycles. The number of halogens is 1. The zero-order chi connectivity index (χ0) is 12.1. The summed E-state index contributed by atoms with van der Waals surface area (Å²) in [6.07, 6.45) is 9.89. The number of fused-ring (bicyclic) bond motifs is 2. The molecule has 1 aromatic rings. The van der Waals surface area contributed by atoms with Gasteiger partial charge in [-0.3, -0.25) is 0 Å². The molecule has 0 bridgehead atoms. The fourth-order valence-corrected chi connectivity index (χ4v) is 5.54. The van der Waals surface area contributed by atoms with Crippen molar-refractivity contribution in [3.05, 3.63) is 34.9 Å². The van der Waals surface area contributed by atoms with E-state index in [1.165, 1.54) is 44.9 Å². The van der Waals surface area contributed by atoms with Gasteiger partial charge in [-0.1, -0.05) is 47.0 Å². The lowest BCUT2D eigenvalue weighted by Gasteiger charge is -2.12. The Bertz CT molecular complexity index is 453. The van der Waals surface area contributed by atoms with E-state index in [9.17, 15) is 0 Å². The fourth-order valence-electron chi connectivity index (χ4n) is 4.47. The maximum Gasteiger partial charge on any atom is 0.0429 e. The van der Waals surface area contributed by atoms with E-state index in [0.29, 0.717) is 4.83 Å². The molecule has 0 aromatic heterocycles. The van der Waals surface area contributed by atoms with Crippen LogP contribution in [-0.2, 0) is 12.8 Å². The molecule has 0 N–H and O–H groups in total. The second-order valence-electron chi connectivity index (χ2n) is 6.47. The lowest BCUT2D eigenvalue weighted by atomic mass is 10.0. The molecule has 3 atom stereocenters. The Kier molecular flexibility index (Phi) is 2.80. The van der Waals surface area contributed by atoms with E-state index in [2.05, 4.69) is 34.1 Å². The van der Waals surface area contributed by atoms with Crippen molar-refractivity contribution < 1.29 is 0 Å². The third kappa shape index (κ3) is 1.78. The second-order valence-corrected chi connectivity index (χ2v) is 7.46. The van der Waals surface area contributed by atoms with Crippen molar-refractivity contribution in [2.24, 2.45) is 17.8 Å². The van der Waals surface area contributed by atoms with Crippen LogP contribution in [0, 0.1) is 17.8 Å². The summed E-state index contributed by atoms with van der Waals surface area (Å²) in [6, 6.07) is 7.26. The number of rotatable bonds is 2. The first-order valence-electron chi connectivity index (χ1n) is 7.60. The minimum Gasteiger partial charge on any atom is -0.0836 e. The van der Waals surface area contributed by atoms with E-state index < -0.39 is 0 Å². The molecule has 2 fully saturated rings. The van der Waals surface area contributed by atoms with Crippen molar-refractivity contribution in [1.29, 1.82) is 0 Å². The largest absolute Gasteiger partial charge is 0.0836 e. The molecular formula is C17H21Br. The first-order chi connectivity index (χ1) is 8.84. The normalized spacial score (nSPS) is 34.8. The summed E-state index contributed by atoms with van der Waals surface area (Å²) in [5.74, 6) is 3.01. The highest BCUT2D eigenvalue weighted by Gasteiger charge is 2.53. The van der Waals surface area contributed by atoms with Crippen LogP contribution in [-0.4, -0.2) is 0 Å². The van der Waals surface area contributed by atoms with Crippen LogP contribution in [0.4, 0.5) is 0 Å². The first-order valence-corrected chi connectivity index (χ1v) is 8.52. The van der Waals surface area contributed by atoms with Crippen LogP contribution in [0.15, 0.2) is 18.2 Å². The van der Waals surface area contributed by atoms with Gasteiger partial charge in [-0.05, 0) is 66.5 Å². The van der Waals surface area contributed by atoms with Gasteiger partial charge in [0.2, 0.25) is 0 Å². The monoisotopic (exact) mass is 304 g/mol. The Hall–Kier alpha value is -0.300. The van der Waals surface area contributed by atoms with E-state index in [1.807, 2.05) is 0 Å². The van der Waals surface area contributed by atoms with Crippen LogP contribution in [0.25, 0.3) is 0 Å². The van der Waals surface area contributed by atoms with Gasteiger partial charge in [0.15, 0.2) is 0 Å². The van der Waals surface area contributed by atoms with Crippen molar-refractivity contribution in [3.63, 3.8) is 0 Å². The SMILES string of the molecule is BrC(c1ccc2c(c1)CCC2)C1C2CCCCC21. The van der Waals surface area contributed by atoms with Gasteiger partial charge in [0.25, 0.3) is 0 Å². The van der Waals surface area contributed by atoms with Crippen LogP contribution in [0.5, 0.6) is 0 Å². The average molecular weight is 305 g/mol. The first kappa shape index (κ1) is 11.5. The summed E-state index contributed by atoms with van der Waals surface area (Å²) in [4.78, 5) is 0.622. The van der Waals surface area contributed by atoms with Crippen molar-refractivity contribution >= 4 is 15.9 Å². The molecule has 3 unspecified atom stereocenters. The number of hydrogen-bond acceptors (Lipinski definition) is 0. The maximum atomic E-state index is 4.01. The van der Waals surface area contributed by atoms with E-state index in [1.54, 1.807) is 16.7 Å². The Morgan fingerprint density at radius 2 is 1.67 bits per heavy atom. The number of benzene rings is 1. The number of hydrogen-bond donors (Lipinski definition) is 0. The summed E-state index contributed by atoms with van der Waals surface area (Å²) in [5, 5.41) is 0. The zero-order valence-corrected chi connectivity index (χ0v) is 12.5. The highest BCUT2D eigenvalue weighted by atomic mass is 79.9. The topological polar surface area (TPSA) is 0 Å². The molecule has 18 heavy (non-hydrogen) atoms. The van der Waals surface area contributed by atoms with Gasteiger partial charge < -0.3 is 0 Å². The molecule has 3 aliphatic rings. The average Bonchev–Trinajstić information content (AvgIpc) is 2.95. The quantitative estimate of drug-likeness (QED) is 0.671. The molecule has 0 radical (unpaired) electrons. The summed E-state index contributed by atoms with van der Waals surface area (Å²) >= 11 is 4.01. The van der Waals surface area contributed by atoms with Gasteiger partial charge in [0.05, 0.1) is 0 Å². The summed E-state index contributed by atoms with van der Waals surface area (Å²) in [6.45, 7) is 0. The highest BCUT2D eigenvalue weighted by Crippen LogP contribution is 2.62. The Balaban J connectivity index is 1.56. The van der Waals surface area contributed by atoms with Gasteiger partial charge in [0.1, 0.15) is 0 Å². The van der Waals surface area contributed by atoms with E-state index >= 15 is 0 Å². The molecule has 0 amide bonds. The van der Waals surface area contributed by atoms with Gasteiger partial charge in [0, 0.05) is 4.83 Å². The second kappa shape index (κ2) is 4.37. The van der Waals surface area contributed by atoms with Crippen molar-refractivity contribution in [2.45, 2.75) is 49.8 Å². The van der Waals surface area contributed by atoms with Gasteiger partial charge in [-0.15, -0.1) is 0 Å². The van der Waals surface area contributed by atoms with Crippen LogP contribution in [0.2, 0.25) is 0 Å². The molecule has 0 heterocycles. The maximum absolute atomic E-state index is 4.01. The van der Waals surface area contributed by atoms with Crippen molar-refractivity contribution in [3.8, 4) is 0 Å². The number of aryl methyl sites for hydroxylation is 2. The summed E-state index contributed by atoms with van der Waals surface area (Å²) in [7, 11) is 0. The van der Waals surface area contributed by atoms with Crippen LogP contribution in [0.3, 0.4) is 0 Å². The molecule has 2 saturated carbocycles. The van der Waals surface area contributed by atoms with E-state index in [4.69, 9.17) is 0 Å². The predicted molar refractivity (Wildman–Crippen MR) is 79.1 cm³/mol. The minimum atomic E-state index is 0.622. The predicted octanol–water partition coefficient (Wildman–Crippen LogP) is 5.05. The van der Waals surface area contributed by atoms with Gasteiger partial charge >= 0.3 is 0 Å². The summed E-state index contributed by atoms with van der Waals surface area (Å²) in [5.41, 5.74) is 4.78. The molecule has 96 valence electrons.